The summed E-state index contributed by atoms with van der Waals surface area (Å²) < 4.78 is 5.60. The van der Waals surface area contributed by atoms with Crippen molar-refractivity contribution in [1.82, 2.24) is 15.1 Å². The number of hydrogen-bond acceptors (Lipinski definition) is 4. The number of halogens is 1. The third-order valence-electron chi connectivity index (χ3n) is 5.12. The van der Waals surface area contributed by atoms with E-state index >= 15 is 0 Å². The SMILES string of the molecule is CCOc1ccccc1C(=O)NC[C@@H](c1ccc(Cl)cc1)N1CCN(C)CC1. The summed E-state index contributed by atoms with van der Waals surface area (Å²) in [5, 5.41) is 3.83. The minimum Gasteiger partial charge on any atom is -0.493 e. The van der Waals surface area contributed by atoms with E-state index in [4.69, 9.17) is 16.3 Å². The molecule has 150 valence electrons. The number of nitrogens with zero attached hydrogens (tertiary/aromatic N) is 2. The summed E-state index contributed by atoms with van der Waals surface area (Å²) in [6.45, 7) is 6.95. The van der Waals surface area contributed by atoms with E-state index in [0.717, 1.165) is 36.8 Å². The predicted octanol–water partition coefficient (Wildman–Crippen LogP) is 3.46. The first-order valence-electron chi connectivity index (χ1n) is 9.76. The average Bonchev–Trinajstić information content (AvgIpc) is 2.71. The molecule has 0 aliphatic carbocycles. The molecule has 0 saturated carbocycles. The van der Waals surface area contributed by atoms with Crippen LogP contribution >= 0.6 is 11.6 Å². The van der Waals surface area contributed by atoms with Gasteiger partial charge in [0.2, 0.25) is 0 Å². The van der Waals surface area contributed by atoms with E-state index < -0.39 is 0 Å². The van der Waals surface area contributed by atoms with Crippen molar-refractivity contribution in [1.29, 1.82) is 0 Å². The van der Waals surface area contributed by atoms with Crippen LogP contribution in [0.3, 0.4) is 0 Å². The number of carbonyl (C=O) groups is 1. The molecule has 2 aromatic carbocycles. The van der Waals surface area contributed by atoms with E-state index in [2.05, 4.69) is 22.2 Å². The average molecular weight is 402 g/mol. The van der Waals surface area contributed by atoms with Crippen molar-refractivity contribution < 1.29 is 9.53 Å². The molecule has 0 aromatic heterocycles. The molecular formula is C22H28ClN3O2. The van der Waals surface area contributed by atoms with Gasteiger partial charge < -0.3 is 15.0 Å². The number of amides is 1. The molecule has 2 aromatic rings. The summed E-state index contributed by atoms with van der Waals surface area (Å²) in [4.78, 5) is 17.6. The van der Waals surface area contributed by atoms with E-state index in [-0.39, 0.29) is 11.9 Å². The van der Waals surface area contributed by atoms with E-state index in [1.807, 2.05) is 49.4 Å². The molecule has 1 aliphatic rings. The maximum Gasteiger partial charge on any atom is 0.255 e. The van der Waals surface area contributed by atoms with Crippen LogP contribution in [-0.4, -0.2) is 62.1 Å². The Morgan fingerprint density at radius 2 is 1.79 bits per heavy atom. The molecule has 1 atom stereocenters. The Hall–Kier alpha value is -2.08. The van der Waals surface area contributed by atoms with Gasteiger partial charge in [-0.2, -0.15) is 0 Å². The first-order valence-corrected chi connectivity index (χ1v) is 10.1. The maximum atomic E-state index is 12.8. The van der Waals surface area contributed by atoms with Crippen LogP contribution in [0.1, 0.15) is 28.9 Å². The molecule has 1 heterocycles. The summed E-state index contributed by atoms with van der Waals surface area (Å²) in [5.41, 5.74) is 1.73. The Balaban J connectivity index is 1.74. The molecular weight excluding hydrogens is 374 g/mol. The van der Waals surface area contributed by atoms with Gasteiger partial charge in [-0.15, -0.1) is 0 Å². The van der Waals surface area contributed by atoms with E-state index in [0.29, 0.717) is 24.5 Å². The molecule has 0 radical (unpaired) electrons. The lowest BCUT2D eigenvalue weighted by Crippen LogP contribution is -2.48. The molecule has 0 unspecified atom stereocenters. The lowest BCUT2D eigenvalue weighted by atomic mass is 10.0. The Morgan fingerprint density at radius 1 is 1.11 bits per heavy atom. The van der Waals surface area contributed by atoms with Crippen LogP contribution in [0.5, 0.6) is 5.75 Å². The van der Waals surface area contributed by atoms with Gasteiger partial charge in [0.05, 0.1) is 18.2 Å². The highest BCUT2D eigenvalue weighted by atomic mass is 35.5. The normalized spacial score (nSPS) is 16.5. The van der Waals surface area contributed by atoms with Gasteiger partial charge in [-0.3, -0.25) is 9.69 Å². The third kappa shape index (κ3) is 5.25. The molecule has 1 saturated heterocycles. The van der Waals surface area contributed by atoms with Crippen molar-refractivity contribution in [2.75, 3.05) is 46.4 Å². The van der Waals surface area contributed by atoms with Crippen molar-refractivity contribution in [3.63, 3.8) is 0 Å². The summed E-state index contributed by atoms with van der Waals surface area (Å²) in [6.07, 6.45) is 0. The van der Waals surface area contributed by atoms with E-state index in [1.165, 1.54) is 0 Å². The number of piperazine rings is 1. The van der Waals surface area contributed by atoms with Crippen molar-refractivity contribution in [3.05, 3.63) is 64.7 Å². The van der Waals surface area contributed by atoms with Crippen molar-refractivity contribution in [2.24, 2.45) is 0 Å². The molecule has 1 amide bonds. The third-order valence-corrected chi connectivity index (χ3v) is 5.37. The van der Waals surface area contributed by atoms with Crippen molar-refractivity contribution in [3.8, 4) is 5.75 Å². The zero-order valence-corrected chi connectivity index (χ0v) is 17.3. The fourth-order valence-corrected chi connectivity index (χ4v) is 3.62. The fourth-order valence-electron chi connectivity index (χ4n) is 3.50. The fraction of sp³-hybridized carbons (Fsp3) is 0.409. The van der Waals surface area contributed by atoms with Gasteiger partial charge in [0.15, 0.2) is 0 Å². The number of ether oxygens (including phenoxy) is 1. The second-order valence-corrected chi connectivity index (χ2v) is 7.48. The molecule has 28 heavy (non-hydrogen) atoms. The van der Waals surface area contributed by atoms with Crippen LogP contribution in [0.2, 0.25) is 5.02 Å². The van der Waals surface area contributed by atoms with Gasteiger partial charge in [-0.05, 0) is 43.8 Å². The van der Waals surface area contributed by atoms with Crippen LogP contribution in [0.25, 0.3) is 0 Å². The quantitative estimate of drug-likeness (QED) is 0.771. The molecule has 3 rings (SSSR count). The van der Waals surface area contributed by atoms with Crippen LogP contribution in [0, 0.1) is 0 Å². The predicted molar refractivity (Wildman–Crippen MR) is 113 cm³/mol. The molecule has 1 aliphatic heterocycles. The molecule has 0 bridgehead atoms. The monoisotopic (exact) mass is 401 g/mol. The maximum absolute atomic E-state index is 12.8. The zero-order valence-electron chi connectivity index (χ0n) is 16.5. The first kappa shape index (κ1) is 20.6. The number of para-hydroxylation sites is 1. The standard InChI is InChI=1S/C22H28ClN3O2/c1-3-28-21-7-5-4-6-19(21)22(27)24-16-20(17-8-10-18(23)11-9-17)26-14-12-25(2)13-15-26/h4-11,20H,3,12-16H2,1-2H3,(H,24,27)/t20-/m0/s1. The number of benzene rings is 2. The van der Waals surface area contributed by atoms with Crippen molar-refractivity contribution in [2.45, 2.75) is 13.0 Å². The second kappa shape index (κ2) is 9.92. The van der Waals surface area contributed by atoms with Gasteiger partial charge in [0.25, 0.3) is 5.91 Å². The summed E-state index contributed by atoms with van der Waals surface area (Å²) in [6, 6.07) is 15.4. The van der Waals surface area contributed by atoms with Gasteiger partial charge >= 0.3 is 0 Å². The van der Waals surface area contributed by atoms with Crippen LogP contribution in [-0.2, 0) is 0 Å². The van der Waals surface area contributed by atoms with E-state index in [1.54, 1.807) is 6.07 Å². The highest BCUT2D eigenvalue weighted by Crippen LogP contribution is 2.24. The van der Waals surface area contributed by atoms with Crippen LogP contribution in [0.4, 0.5) is 0 Å². The summed E-state index contributed by atoms with van der Waals surface area (Å²) >= 11 is 6.07. The summed E-state index contributed by atoms with van der Waals surface area (Å²) in [7, 11) is 2.14. The Morgan fingerprint density at radius 3 is 2.46 bits per heavy atom. The minimum absolute atomic E-state index is 0.106. The molecule has 1 fully saturated rings. The zero-order chi connectivity index (χ0) is 19.9. The minimum atomic E-state index is -0.114. The van der Waals surface area contributed by atoms with Crippen LogP contribution in [0.15, 0.2) is 48.5 Å². The number of carbonyl (C=O) groups excluding carboxylic acids is 1. The lowest BCUT2D eigenvalue weighted by molar-refractivity contribution is 0.0883. The second-order valence-electron chi connectivity index (χ2n) is 7.05. The Labute approximate surface area is 172 Å². The van der Waals surface area contributed by atoms with E-state index in [9.17, 15) is 4.79 Å². The van der Waals surface area contributed by atoms with Gasteiger partial charge in [-0.25, -0.2) is 0 Å². The number of nitrogens with one attached hydrogen (secondary N) is 1. The lowest BCUT2D eigenvalue weighted by Gasteiger charge is -2.38. The highest BCUT2D eigenvalue weighted by molar-refractivity contribution is 6.30. The Bertz CT molecular complexity index is 774. The van der Waals surface area contributed by atoms with Gasteiger partial charge in [0.1, 0.15) is 5.75 Å². The summed E-state index contributed by atoms with van der Waals surface area (Å²) in [5.74, 6) is 0.502. The van der Waals surface area contributed by atoms with Crippen LogP contribution < -0.4 is 10.1 Å². The van der Waals surface area contributed by atoms with Crippen molar-refractivity contribution >= 4 is 17.5 Å². The first-order chi connectivity index (χ1) is 13.6. The molecule has 5 nitrogen and oxygen atoms in total. The molecule has 6 heteroatoms. The topological polar surface area (TPSA) is 44.8 Å². The molecule has 0 spiro atoms. The largest absolute Gasteiger partial charge is 0.493 e. The number of hydrogen-bond donors (Lipinski definition) is 1. The highest BCUT2D eigenvalue weighted by Gasteiger charge is 2.25. The molecule has 1 N–H and O–H groups in total. The number of likely N-dealkylation sites (N-methyl/N-ethyl adjacent to an activating group) is 1. The Kier molecular flexibility index (Phi) is 7.31. The van der Waals surface area contributed by atoms with Gasteiger partial charge in [0, 0.05) is 37.7 Å². The van der Waals surface area contributed by atoms with Gasteiger partial charge in [-0.1, -0.05) is 35.9 Å². The number of rotatable bonds is 7. The smallest absolute Gasteiger partial charge is 0.255 e.